The van der Waals surface area contributed by atoms with Crippen LogP contribution in [0.15, 0.2) is 115 Å². The summed E-state index contributed by atoms with van der Waals surface area (Å²) in [6.07, 6.45) is -4.81. The van der Waals surface area contributed by atoms with Crippen LogP contribution in [0.3, 0.4) is 0 Å². The molecule has 4 heterocycles. The maximum Gasteiger partial charge on any atom is 0.417 e. The quantitative estimate of drug-likeness (QED) is 0.168. The van der Waals surface area contributed by atoms with Gasteiger partial charge in [-0.25, -0.2) is 29.9 Å². The molecular weight excluding hydrogens is 786 g/mol. The second kappa shape index (κ2) is 14.2. The summed E-state index contributed by atoms with van der Waals surface area (Å²) in [6, 6.07) is 38.1. The van der Waals surface area contributed by atoms with E-state index in [0.717, 1.165) is 38.7 Å². The van der Waals surface area contributed by atoms with Crippen molar-refractivity contribution in [2.45, 2.75) is 33.9 Å². The fraction of sp³-hybridized carbons (Fsp3) is 0.102. The highest BCUT2D eigenvalue weighted by molar-refractivity contribution is 6.12. The van der Waals surface area contributed by atoms with Crippen molar-refractivity contribution in [1.29, 1.82) is 10.5 Å². The van der Waals surface area contributed by atoms with Crippen LogP contribution in [-0.4, -0.2) is 39.0 Å². The molecule has 0 radical (unpaired) electrons. The average molecular weight is 817 g/mol. The van der Waals surface area contributed by atoms with E-state index in [1.807, 2.05) is 100 Å². The number of aryl methyl sites for hydroxylation is 4. The van der Waals surface area contributed by atoms with Crippen LogP contribution in [0.1, 0.15) is 40.0 Å². The first-order valence-corrected chi connectivity index (χ1v) is 19.6. The minimum absolute atomic E-state index is 0.107. The lowest BCUT2D eigenvalue weighted by Gasteiger charge is -2.20. The Kier molecular flexibility index (Phi) is 8.68. The minimum atomic E-state index is -4.81. The predicted octanol–water partition coefficient (Wildman–Crippen LogP) is 11.2. The van der Waals surface area contributed by atoms with Crippen molar-refractivity contribution in [2.75, 3.05) is 0 Å². The number of nitrogens with zero attached hydrogens (tertiary/aromatic N) is 10. The fourth-order valence-corrected chi connectivity index (χ4v) is 8.65. The highest BCUT2D eigenvalue weighted by atomic mass is 19.4. The van der Waals surface area contributed by atoms with Crippen molar-refractivity contribution in [3.8, 4) is 57.4 Å². The van der Waals surface area contributed by atoms with E-state index < -0.39 is 11.7 Å². The molecule has 0 spiro atoms. The summed E-state index contributed by atoms with van der Waals surface area (Å²) < 4.78 is 48.9. The average Bonchev–Trinajstić information content (AvgIpc) is 3.76. The number of halogens is 3. The number of nitriles is 2. The van der Waals surface area contributed by atoms with Gasteiger partial charge >= 0.3 is 6.18 Å². The van der Waals surface area contributed by atoms with Gasteiger partial charge in [0, 0.05) is 38.2 Å². The summed E-state index contributed by atoms with van der Waals surface area (Å²) in [5, 5.41) is 25.0. The lowest BCUT2D eigenvalue weighted by atomic mass is 9.92. The van der Waals surface area contributed by atoms with Gasteiger partial charge in [-0.2, -0.15) is 23.7 Å². The van der Waals surface area contributed by atoms with Gasteiger partial charge in [0.2, 0.25) is 0 Å². The molecule has 0 aliphatic carbocycles. The third kappa shape index (κ3) is 6.09. The number of hydrogen-bond acceptors (Lipinski definition) is 8. The van der Waals surface area contributed by atoms with Crippen molar-refractivity contribution < 1.29 is 13.2 Å². The summed E-state index contributed by atoms with van der Waals surface area (Å²) in [6.45, 7) is 7.22. The van der Waals surface area contributed by atoms with Crippen LogP contribution in [-0.2, 0) is 6.18 Å². The number of fused-ring (bicyclic) bond motifs is 6. The van der Waals surface area contributed by atoms with Crippen LogP contribution in [0, 0.1) is 50.4 Å². The maximum absolute atomic E-state index is 15.0. The molecule has 0 atom stereocenters. The largest absolute Gasteiger partial charge is 0.417 e. The van der Waals surface area contributed by atoms with Crippen molar-refractivity contribution in [3.05, 3.63) is 155 Å². The molecule has 10 aromatic rings. The second-order valence-corrected chi connectivity index (χ2v) is 15.0. The van der Waals surface area contributed by atoms with E-state index in [1.165, 1.54) is 12.1 Å². The van der Waals surface area contributed by atoms with Crippen molar-refractivity contribution in [2.24, 2.45) is 0 Å². The molecule has 0 saturated carbocycles. The Morgan fingerprint density at radius 1 is 0.468 bits per heavy atom. The van der Waals surface area contributed by atoms with Crippen molar-refractivity contribution in [3.63, 3.8) is 0 Å². The first-order chi connectivity index (χ1) is 29.9. The Hall–Kier alpha value is -8.29. The zero-order valence-electron chi connectivity index (χ0n) is 33.6. The van der Waals surface area contributed by atoms with Gasteiger partial charge in [-0.3, -0.25) is 0 Å². The van der Waals surface area contributed by atoms with Crippen molar-refractivity contribution in [1.82, 2.24) is 39.0 Å². The van der Waals surface area contributed by atoms with Crippen LogP contribution in [0.2, 0.25) is 0 Å². The van der Waals surface area contributed by atoms with Gasteiger partial charge < -0.3 is 9.13 Å². The van der Waals surface area contributed by atoms with Crippen LogP contribution in [0.4, 0.5) is 13.2 Å². The molecule has 0 aliphatic heterocycles. The van der Waals surface area contributed by atoms with Gasteiger partial charge in [0.1, 0.15) is 34.9 Å². The van der Waals surface area contributed by atoms with E-state index in [1.54, 1.807) is 39.8 Å². The van der Waals surface area contributed by atoms with Crippen LogP contribution >= 0.6 is 0 Å². The normalized spacial score (nSPS) is 11.8. The highest BCUT2D eigenvalue weighted by Gasteiger charge is 2.35. The SMILES string of the molecule is Cc1nc(C)nc(-c2ccc3c(c2)c2ccccc2n3-c2cc(-c3c(C#N)cccc3C(F)(F)F)cc(-n3c4ccccc4c4cc(-c5nc(C)nc(C)n5)ccc43)c2C#N)n1. The summed E-state index contributed by atoms with van der Waals surface area (Å²) in [4.78, 5) is 27.0. The third-order valence-electron chi connectivity index (χ3n) is 11.0. The molecule has 0 aliphatic rings. The van der Waals surface area contributed by atoms with Gasteiger partial charge in [-0.15, -0.1) is 0 Å². The first kappa shape index (κ1) is 37.9. The van der Waals surface area contributed by atoms with E-state index in [9.17, 15) is 10.5 Å². The molecule has 0 N–H and O–H groups in total. The number of para-hydroxylation sites is 2. The van der Waals surface area contributed by atoms with Gasteiger partial charge in [-0.05, 0) is 106 Å². The molecule has 298 valence electrons. The standard InChI is InChI=1S/C49H31F3N10/c1-26-55-27(2)58-47(57-26)30-16-18-42-36(20-30)34-11-5-7-14-40(34)61(42)44-22-33(46-32(24-53)10-9-13-39(46)49(50,51)52)23-45(38(44)25-54)62-41-15-8-6-12-35(41)37-21-31(17-19-43(37)62)48-59-28(3)56-29(4)60-48/h5-23H,1-4H3. The lowest BCUT2D eigenvalue weighted by Crippen LogP contribution is -2.10. The van der Waals surface area contributed by atoms with Gasteiger partial charge in [0.15, 0.2) is 11.6 Å². The summed E-state index contributed by atoms with van der Waals surface area (Å²) in [5.74, 6) is 3.30. The minimum Gasteiger partial charge on any atom is -0.308 e. The molecule has 0 bridgehead atoms. The highest BCUT2D eigenvalue weighted by Crippen LogP contribution is 2.44. The topological polar surface area (TPSA) is 135 Å². The number of rotatable bonds is 5. The molecule has 13 heteroatoms. The smallest absolute Gasteiger partial charge is 0.308 e. The van der Waals surface area contributed by atoms with Gasteiger partial charge in [-0.1, -0.05) is 42.5 Å². The molecule has 0 saturated heterocycles. The molecule has 0 unspecified atom stereocenters. The first-order valence-electron chi connectivity index (χ1n) is 19.6. The fourth-order valence-electron chi connectivity index (χ4n) is 8.65. The molecule has 62 heavy (non-hydrogen) atoms. The van der Waals surface area contributed by atoms with E-state index in [2.05, 4.69) is 36.0 Å². The number of hydrogen-bond donors (Lipinski definition) is 0. The summed E-state index contributed by atoms with van der Waals surface area (Å²) in [5.41, 5.74) is 3.82. The van der Waals surface area contributed by atoms with E-state index in [0.29, 0.717) is 68.4 Å². The number of alkyl halides is 3. The van der Waals surface area contributed by atoms with Crippen molar-refractivity contribution >= 4 is 43.6 Å². The van der Waals surface area contributed by atoms with Crippen LogP contribution < -0.4 is 0 Å². The Labute approximate surface area is 351 Å². The number of aromatic nitrogens is 8. The molecular formula is C49H31F3N10. The monoisotopic (exact) mass is 816 g/mol. The Balaban J connectivity index is 1.33. The molecule has 0 fully saturated rings. The lowest BCUT2D eigenvalue weighted by molar-refractivity contribution is -0.137. The van der Waals surface area contributed by atoms with E-state index >= 15 is 13.2 Å². The molecule has 6 aromatic carbocycles. The summed E-state index contributed by atoms with van der Waals surface area (Å²) in [7, 11) is 0. The maximum atomic E-state index is 15.0. The van der Waals surface area contributed by atoms with E-state index in [4.69, 9.17) is 0 Å². The molecule has 4 aromatic heterocycles. The predicted molar refractivity (Wildman–Crippen MR) is 232 cm³/mol. The van der Waals surface area contributed by atoms with Gasteiger partial charge in [0.25, 0.3) is 0 Å². The van der Waals surface area contributed by atoms with E-state index in [-0.39, 0.29) is 22.3 Å². The Morgan fingerprint density at radius 3 is 1.35 bits per heavy atom. The molecule has 10 rings (SSSR count). The number of benzene rings is 6. The molecule has 10 nitrogen and oxygen atoms in total. The Bertz CT molecular complexity index is 3370. The van der Waals surface area contributed by atoms with Crippen LogP contribution in [0.5, 0.6) is 0 Å². The van der Waals surface area contributed by atoms with Gasteiger partial charge in [0.05, 0.1) is 50.6 Å². The zero-order chi connectivity index (χ0) is 43.0. The summed E-state index contributed by atoms with van der Waals surface area (Å²) >= 11 is 0. The zero-order valence-corrected chi connectivity index (χ0v) is 33.6. The Morgan fingerprint density at radius 2 is 0.919 bits per heavy atom. The van der Waals surface area contributed by atoms with Crippen LogP contribution in [0.25, 0.3) is 88.9 Å². The third-order valence-corrected chi connectivity index (χ3v) is 11.0. The molecule has 0 amide bonds. The second-order valence-electron chi connectivity index (χ2n) is 15.0.